The van der Waals surface area contributed by atoms with Gasteiger partial charge in [-0.25, -0.2) is 9.59 Å². The predicted molar refractivity (Wildman–Crippen MR) is 102 cm³/mol. The smallest absolute Gasteiger partial charge is 0.338 e. The van der Waals surface area contributed by atoms with Gasteiger partial charge in [0.1, 0.15) is 19.8 Å². The van der Waals surface area contributed by atoms with Crippen LogP contribution in [0.25, 0.3) is 0 Å². The van der Waals surface area contributed by atoms with Crippen molar-refractivity contribution in [2.24, 2.45) is 0 Å². The van der Waals surface area contributed by atoms with E-state index >= 15 is 0 Å². The second kappa shape index (κ2) is 9.31. The minimum absolute atomic E-state index is 0.0159. The van der Waals surface area contributed by atoms with Gasteiger partial charge in [0.15, 0.2) is 11.5 Å². The van der Waals surface area contributed by atoms with Crippen LogP contribution in [0.2, 0.25) is 0 Å². The molecule has 1 aromatic carbocycles. The molecule has 3 rings (SSSR count). The third-order valence-corrected chi connectivity index (χ3v) is 4.48. The monoisotopic (exact) mass is 404 g/mol. The van der Waals surface area contributed by atoms with Gasteiger partial charge in [-0.1, -0.05) is 13.0 Å². The quantitative estimate of drug-likeness (QED) is 0.662. The first-order valence-corrected chi connectivity index (χ1v) is 9.53. The van der Waals surface area contributed by atoms with E-state index in [4.69, 9.17) is 18.9 Å². The molecule has 0 bridgehead atoms. The van der Waals surface area contributed by atoms with E-state index < -0.39 is 24.0 Å². The number of fused-ring (bicyclic) bond motifs is 1. The summed E-state index contributed by atoms with van der Waals surface area (Å²) in [5.41, 5.74) is 1.20. The van der Waals surface area contributed by atoms with Crippen LogP contribution in [0.3, 0.4) is 0 Å². The maximum atomic E-state index is 12.3. The zero-order valence-corrected chi connectivity index (χ0v) is 16.4. The van der Waals surface area contributed by atoms with Crippen molar-refractivity contribution in [3.8, 4) is 11.5 Å². The van der Waals surface area contributed by atoms with Crippen molar-refractivity contribution in [2.75, 3.05) is 26.4 Å². The van der Waals surface area contributed by atoms with Gasteiger partial charge in [-0.15, -0.1) is 0 Å². The molecule has 2 aliphatic heterocycles. The number of urea groups is 1. The summed E-state index contributed by atoms with van der Waals surface area (Å²) in [6.07, 6.45) is 0.512. The maximum Gasteiger partial charge on any atom is 0.338 e. The maximum absolute atomic E-state index is 12.3. The van der Waals surface area contributed by atoms with Gasteiger partial charge in [0.25, 0.3) is 0 Å². The largest absolute Gasteiger partial charge is 0.486 e. The number of benzene rings is 1. The number of hydrogen-bond donors (Lipinski definition) is 2. The van der Waals surface area contributed by atoms with Crippen LogP contribution in [0.4, 0.5) is 4.79 Å². The Morgan fingerprint density at radius 1 is 1.14 bits per heavy atom. The fourth-order valence-corrected chi connectivity index (χ4v) is 3.14. The van der Waals surface area contributed by atoms with Crippen LogP contribution in [-0.4, -0.2) is 50.4 Å². The van der Waals surface area contributed by atoms with Gasteiger partial charge in [0.05, 0.1) is 30.3 Å². The number of nitrogens with one attached hydrogen (secondary N) is 2. The fourth-order valence-electron chi connectivity index (χ4n) is 3.14. The second-order valence-corrected chi connectivity index (χ2v) is 6.49. The minimum Gasteiger partial charge on any atom is -0.486 e. The highest BCUT2D eigenvalue weighted by Gasteiger charge is 2.32. The van der Waals surface area contributed by atoms with Gasteiger partial charge < -0.3 is 29.6 Å². The first-order chi connectivity index (χ1) is 14.0. The summed E-state index contributed by atoms with van der Waals surface area (Å²) in [6.45, 7) is 4.44. The summed E-state index contributed by atoms with van der Waals surface area (Å²) in [5, 5.41) is 5.21. The molecule has 0 spiro atoms. The average molecular weight is 404 g/mol. The number of hydrogen-bond acceptors (Lipinski definition) is 7. The standard InChI is InChI=1S/C20H24N2O7/c1-3-13-18(19(24)26-4-2)14(22-20(25)21-13)11-29-17(23)10-12-5-6-15-16(9-12)28-8-7-27-15/h5-6,9,13H,3-4,7-8,10-11H2,1-2H3,(H2,21,22,25)/t13-/m0/s1. The molecule has 0 aromatic heterocycles. The molecule has 0 unspecified atom stereocenters. The summed E-state index contributed by atoms with van der Waals surface area (Å²) in [4.78, 5) is 36.5. The zero-order valence-electron chi connectivity index (χ0n) is 16.4. The van der Waals surface area contributed by atoms with Crippen molar-refractivity contribution in [3.63, 3.8) is 0 Å². The molecular weight excluding hydrogens is 380 g/mol. The molecule has 29 heavy (non-hydrogen) atoms. The molecule has 0 saturated carbocycles. The Morgan fingerprint density at radius 2 is 1.90 bits per heavy atom. The third kappa shape index (κ3) is 4.98. The van der Waals surface area contributed by atoms with Gasteiger partial charge in [-0.05, 0) is 31.0 Å². The fraction of sp³-hybridized carbons (Fsp3) is 0.450. The van der Waals surface area contributed by atoms with Crippen LogP contribution in [-0.2, 0) is 25.5 Å². The van der Waals surface area contributed by atoms with Crippen LogP contribution < -0.4 is 20.1 Å². The van der Waals surface area contributed by atoms with Gasteiger partial charge in [0, 0.05) is 0 Å². The molecule has 2 heterocycles. The molecule has 0 saturated heterocycles. The summed E-state index contributed by atoms with van der Waals surface area (Å²) in [6, 6.07) is 4.28. The Balaban J connectivity index is 1.68. The van der Waals surface area contributed by atoms with Crippen molar-refractivity contribution < 1.29 is 33.3 Å². The average Bonchev–Trinajstić information content (AvgIpc) is 2.71. The summed E-state index contributed by atoms with van der Waals surface area (Å²) < 4.78 is 21.4. The lowest BCUT2D eigenvalue weighted by molar-refractivity contribution is -0.143. The molecule has 9 nitrogen and oxygen atoms in total. The van der Waals surface area contributed by atoms with Crippen LogP contribution in [0.5, 0.6) is 11.5 Å². The van der Waals surface area contributed by atoms with Crippen LogP contribution in [0, 0.1) is 0 Å². The van der Waals surface area contributed by atoms with E-state index in [1.54, 1.807) is 25.1 Å². The van der Waals surface area contributed by atoms with Crippen molar-refractivity contribution in [1.82, 2.24) is 10.6 Å². The van der Waals surface area contributed by atoms with Gasteiger partial charge in [-0.3, -0.25) is 4.79 Å². The van der Waals surface area contributed by atoms with Crippen LogP contribution in [0.15, 0.2) is 29.5 Å². The molecule has 2 N–H and O–H groups in total. The van der Waals surface area contributed by atoms with E-state index in [0.29, 0.717) is 36.7 Å². The Bertz CT molecular complexity index is 834. The van der Waals surface area contributed by atoms with Crippen molar-refractivity contribution in [1.29, 1.82) is 0 Å². The molecule has 9 heteroatoms. The molecule has 0 fully saturated rings. The van der Waals surface area contributed by atoms with Crippen molar-refractivity contribution in [3.05, 3.63) is 35.0 Å². The SMILES string of the molecule is CCOC(=O)C1=C(COC(=O)Cc2ccc3c(c2)OCCO3)NC(=O)N[C@H]1CC. The van der Waals surface area contributed by atoms with Crippen molar-refractivity contribution in [2.45, 2.75) is 32.7 Å². The van der Waals surface area contributed by atoms with Crippen LogP contribution in [0.1, 0.15) is 25.8 Å². The topological polar surface area (TPSA) is 112 Å². The van der Waals surface area contributed by atoms with E-state index in [1.807, 2.05) is 6.92 Å². The summed E-state index contributed by atoms with van der Waals surface area (Å²) in [5.74, 6) is 0.175. The minimum atomic E-state index is -0.551. The number of carbonyl (C=O) groups is 3. The molecule has 2 amide bonds. The lowest BCUT2D eigenvalue weighted by atomic mass is 10.0. The molecule has 0 radical (unpaired) electrons. The van der Waals surface area contributed by atoms with Gasteiger partial charge >= 0.3 is 18.0 Å². The Kier molecular flexibility index (Phi) is 6.58. The molecular formula is C20H24N2O7. The van der Waals surface area contributed by atoms with Crippen LogP contribution >= 0.6 is 0 Å². The molecule has 156 valence electrons. The Labute approximate surface area is 168 Å². The lowest BCUT2D eigenvalue weighted by Crippen LogP contribution is -2.51. The Morgan fingerprint density at radius 3 is 2.62 bits per heavy atom. The van der Waals surface area contributed by atoms with E-state index in [9.17, 15) is 14.4 Å². The molecule has 0 aliphatic carbocycles. The summed E-state index contributed by atoms with van der Waals surface area (Å²) in [7, 11) is 0. The number of esters is 2. The molecule has 1 aromatic rings. The van der Waals surface area contributed by atoms with E-state index in [1.165, 1.54) is 0 Å². The highest BCUT2D eigenvalue weighted by molar-refractivity contribution is 5.94. The second-order valence-electron chi connectivity index (χ2n) is 6.49. The van der Waals surface area contributed by atoms with E-state index in [2.05, 4.69) is 10.6 Å². The van der Waals surface area contributed by atoms with E-state index in [-0.39, 0.29) is 30.9 Å². The van der Waals surface area contributed by atoms with Gasteiger partial charge in [-0.2, -0.15) is 0 Å². The number of ether oxygens (including phenoxy) is 4. The zero-order chi connectivity index (χ0) is 20.8. The third-order valence-electron chi connectivity index (χ3n) is 4.48. The molecule has 1 atom stereocenters. The van der Waals surface area contributed by atoms with Gasteiger partial charge in [0.2, 0.25) is 0 Å². The number of carbonyl (C=O) groups excluding carboxylic acids is 3. The van der Waals surface area contributed by atoms with Crippen molar-refractivity contribution >= 4 is 18.0 Å². The summed E-state index contributed by atoms with van der Waals surface area (Å²) >= 11 is 0. The predicted octanol–water partition coefficient (Wildman–Crippen LogP) is 1.45. The first kappa shape index (κ1) is 20.5. The number of rotatable bonds is 7. The first-order valence-electron chi connectivity index (χ1n) is 9.53. The lowest BCUT2D eigenvalue weighted by Gasteiger charge is -2.28. The highest BCUT2D eigenvalue weighted by Crippen LogP contribution is 2.31. The number of amides is 2. The van der Waals surface area contributed by atoms with E-state index in [0.717, 1.165) is 0 Å². The normalized spacial score (nSPS) is 17.9. The Hall–Kier alpha value is -3.23. The molecule has 2 aliphatic rings. The highest BCUT2D eigenvalue weighted by atomic mass is 16.6.